The molecular formula is C15H13BrClFO. The Morgan fingerprint density at radius 1 is 1.21 bits per heavy atom. The molecule has 2 rings (SSSR count). The standard InChI is InChI=1S/C15H13BrClFO/c1-19-14-8-3-2-5-10(14)9-12(16)11-6-4-7-13(17)15(11)18/h2-8,12H,9H2,1H3. The Hall–Kier alpha value is -1.06. The van der Waals surface area contributed by atoms with Gasteiger partial charge in [-0.2, -0.15) is 0 Å². The third-order valence-electron chi connectivity index (χ3n) is 2.91. The van der Waals surface area contributed by atoms with Gasteiger partial charge in [0.2, 0.25) is 0 Å². The van der Waals surface area contributed by atoms with Crippen molar-refractivity contribution in [3.8, 4) is 5.75 Å². The van der Waals surface area contributed by atoms with Crippen LogP contribution in [-0.2, 0) is 6.42 Å². The normalized spacial score (nSPS) is 12.2. The summed E-state index contributed by atoms with van der Waals surface area (Å²) in [5, 5.41) is 0.141. The molecule has 4 heteroatoms. The molecule has 2 aromatic carbocycles. The lowest BCUT2D eigenvalue weighted by Gasteiger charge is -2.14. The number of rotatable bonds is 4. The van der Waals surface area contributed by atoms with Crippen LogP contribution in [0.1, 0.15) is 16.0 Å². The number of hydrogen-bond acceptors (Lipinski definition) is 1. The van der Waals surface area contributed by atoms with Gasteiger partial charge in [0.25, 0.3) is 0 Å². The monoisotopic (exact) mass is 342 g/mol. The van der Waals surface area contributed by atoms with Crippen LogP contribution in [0, 0.1) is 5.82 Å². The third kappa shape index (κ3) is 3.28. The third-order valence-corrected chi connectivity index (χ3v) is 4.02. The largest absolute Gasteiger partial charge is 0.496 e. The summed E-state index contributed by atoms with van der Waals surface area (Å²) in [6.45, 7) is 0. The predicted octanol–water partition coefficient (Wildman–Crippen LogP) is 5.17. The van der Waals surface area contributed by atoms with E-state index in [9.17, 15) is 4.39 Å². The Morgan fingerprint density at radius 3 is 2.68 bits per heavy atom. The van der Waals surface area contributed by atoms with Crippen LogP contribution in [0.2, 0.25) is 5.02 Å². The van der Waals surface area contributed by atoms with Crippen LogP contribution >= 0.6 is 27.5 Å². The fourth-order valence-electron chi connectivity index (χ4n) is 1.94. The molecule has 19 heavy (non-hydrogen) atoms. The second-order valence-electron chi connectivity index (χ2n) is 4.13. The first kappa shape index (κ1) is 14.4. The van der Waals surface area contributed by atoms with Crippen molar-refractivity contribution in [2.24, 2.45) is 0 Å². The second-order valence-corrected chi connectivity index (χ2v) is 5.64. The Bertz CT molecular complexity index is 574. The predicted molar refractivity (Wildman–Crippen MR) is 79.8 cm³/mol. The van der Waals surface area contributed by atoms with E-state index >= 15 is 0 Å². The topological polar surface area (TPSA) is 9.23 Å². The molecule has 0 aromatic heterocycles. The van der Waals surface area contributed by atoms with Crippen molar-refractivity contribution in [3.05, 3.63) is 64.4 Å². The van der Waals surface area contributed by atoms with Gasteiger partial charge in [-0.25, -0.2) is 4.39 Å². The summed E-state index contributed by atoms with van der Waals surface area (Å²) in [5.41, 5.74) is 1.57. The van der Waals surface area contributed by atoms with E-state index in [0.29, 0.717) is 12.0 Å². The zero-order valence-electron chi connectivity index (χ0n) is 10.4. The zero-order valence-corrected chi connectivity index (χ0v) is 12.7. The molecular weight excluding hydrogens is 331 g/mol. The Morgan fingerprint density at radius 2 is 1.95 bits per heavy atom. The Kier molecular flexibility index (Phi) is 4.83. The molecule has 0 radical (unpaired) electrons. The molecule has 0 aliphatic heterocycles. The van der Waals surface area contributed by atoms with Crippen LogP contribution in [0.5, 0.6) is 5.75 Å². The molecule has 0 fully saturated rings. The highest BCUT2D eigenvalue weighted by atomic mass is 79.9. The average Bonchev–Trinajstić information content (AvgIpc) is 2.42. The van der Waals surface area contributed by atoms with Gasteiger partial charge in [-0.1, -0.05) is 57.9 Å². The molecule has 0 saturated heterocycles. The van der Waals surface area contributed by atoms with Gasteiger partial charge in [-0.05, 0) is 24.1 Å². The van der Waals surface area contributed by atoms with Gasteiger partial charge in [0.05, 0.1) is 12.1 Å². The molecule has 0 aliphatic rings. The lowest BCUT2D eigenvalue weighted by atomic mass is 10.0. The number of benzene rings is 2. The lowest BCUT2D eigenvalue weighted by Crippen LogP contribution is -2.01. The zero-order chi connectivity index (χ0) is 13.8. The first-order valence-corrected chi connectivity index (χ1v) is 7.12. The van der Waals surface area contributed by atoms with Crippen molar-refractivity contribution in [2.45, 2.75) is 11.2 Å². The number of methoxy groups -OCH3 is 1. The number of para-hydroxylation sites is 1. The van der Waals surface area contributed by atoms with Crippen LogP contribution < -0.4 is 4.74 Å². The molecule has 0 spiro atoms. The average molecular weight is 344 g/mol. The van der Waals surface area contributed by atoms with E-state index in [1.165, 1.54) is 0 Å². The van der Waals surface area contributed by atoms with E-state index in [-0.39, 0.29) is 15.7 Å². The van der Waals surface area contributed by atoms with Crippen LogP contribution in [0.3, 0.4) is 0 Å². The minimum atomic E-state index is -0.374. The van der Waals surface area contributed by atoms with Crippen molar-refractivity contribution < 1.29 is 9.13 Å². The highest BCUT2D eigenvalue weighted by molar-refractivity contribution is 9.09. The Labute approximate surface area is 125 Å². The minimum Gasteiger partial charge on any atom is -0.496 e. The molecule has 0 N–H and O–H groups in total. The second kappa shape index (κ2) is 6.40. The fraction of sp³-hybridized carbons (Fsp3) is 0.200. The van der Waals surface area contributed by atoms with Gasteiger partial charge in [0.15, 0.2) is 0 Å². The number of halogens is 3. The quantitative estimate of drug-likeness (QED) is 0.696. The maximum atomic E-state index is 13.9. The molecule has 0 amide bonds. The summed E-state index contributed by atoms with van der Waals surface area (Å²) in [6.07, 6.45) is 0.626. The van der Waals surface area contributed by atoms with Crippen LogP contribution in [0.15, 0.2) is 42.5 Å². The molecule has 100 valence electrons. The number of alkyl halides is 1. The van der Waals surface area contributed by atoms with Crippen molar-refractivity contribution in [2.75, 3.05) is 7.11 Å². The van der Waals surface area contributed by atoms with Crippen molar-refractivity contribution in [1.29, 1.82) is 0 Å². The highest BCUT2D eigenvalue weighted by Crippen LogP contribution is 2.33. The summed E-state index contributed by atoms with van der Waals surface area (Å²) in [5.74, 6) is 0.426. The molecule has 1 unspecified atom stereocenters. The summed E-state index contributed by atoms with van der Waals surface area (Å²) >= 11 is 9.32. The summed E-state index contributed by atoms with van der Waals surface area (Å²) < 4.78 is 19.2. The van der Waals surface area contributed by atoms with Gasteiger partial charge in [-0.15, -0.1) is 0 Å². The molecule has 0 saturated carbocycles. The fourth-order valence-corrected chi connectivity index (χ4v) is 2.82. The minimum absolute atomic E-state index is 0.141. The van der Waals surface area contributed by atoms with E-state index in [4.69, 9.17) is 16.3 Å². The highest BCUT2D eigenvalue weighted by Gasteiger charge is 2.16. The lowest BCUT2D eigenvalue weighted by molar-refractivity contribution is 0.409. The van der Waals surface area contributed by atoms with Gasteiger partial charge in [0.1, 0.15) is 11.6 Å². The number of ether oxygens (including phenoxy) is 1. The van der Waals surface area contributed by atoms with Crippen molar-refractivity contribution in [3.63, 3.8) is 0 Å². The Balaban J connectivity index is 2.26. The summed E-state index contributed by atoms with van der Waals surface area (Å²) in [6, 6.07) is 12.7. The van der Waals surface area contributed by atoms with Gasteiger partial charge < -0.3 is 4.74 Å². The molecule has 2 aromatic rings. The molecule has 1 atom stereocenters. The molecule has 0 aliphatic carbocycles. The summed E-state index contributed by atoms with van der Waals surface area (Å²) in [4.78, 5) is -0.150. The van der Waals surface area contributed by atoms with E-state index in [0.717, 1.165) is 11.3 Å². The van der Waals surface area contributed by atoms with E-state index in [1.807, 2.05) is 24.3 Å². The number of hydrogen-bond donors (Lipinski definition) is 0. The van der Waals surface area contributed by atoms with Gasteiger partial charge in [-0.3, -0.25) is 0 Å². The van der Waals surface area contributed by atoms with Gasteiger partial charge >= 0.3 is 0 Å². The van der Waals surface area contributed by atoms with Crippen LogP contribution in [-0.4, -0.2) is 7.11 Å². The van der Waals surface area contributed by atoms with Gasteiger partial charge in [0, 0.05) is 10.4 Å². The maximum Gasteiger partial charge on any atom is 0.146 e. The maximum absolute atomic E-state index is 13.9. The SMILES string of the molecule is COc1ccccc1CC(Br)c1cccc(Cl)c1F. The van der Waals surface area contributed by atoms with E-state index in [1.54, 1.807) is 25.3 Å². The van der Waals surface area contributed by atoms with Crippen LogP contribution in [0.4, 0.5) is 4.39 Å². The van der Waals surface area contributed by atoms with E-state index in [2.05, 4.69) is 15.9 Å². The molecule has 0 bridgehead atoms. The first-order valence-electron chi connectivity index (χ1n) is 5.83. The van der Waals surface area contributed by atoms with Crippen LogP contribution in [0.25, 0.3) is 0 Å². The summed E-state index contributed by atoms with van der Waals surface area (Å²) in [7, 11) is 1.63. The first-order chi connectivity index (χ1) is 9.13. The van der Waals surface area contributed by atoms with Crippen molar-refractivity contribution in [1.82, 2.24) is 0 Å². The molecule has 1 nitrogen and oxygen atoms in total. The van der Waals surface area contributed by atoms with E-state index < -0.39 is 0 Å². The smallest absolute Gasteiger partial charge is 0.146 e. The molecule has 0 heterocycles. The van der Waals surface area contributed by atoms with Crippen molar-refractivity contribution >= 4 is 27.5 Å².